The second kappa shape index (κ2) is 8.64. The minimum atomic E-state index is -0.520. The largest absolute Gasteiger partial charge is 0.339 e. The van der Waals surface area contributed by atoms with Gasteiger partial charge in [0.05, 0.1) is 15.7 Å². The molecule has 1 unspecified atom stereocenters. The minimum Gasteiger partial charge on any atom is -0.339 e. The maximum Gasteiger partial charge on any atom is 0.324 e. The molecule has 0 bridgehead atoms. The quantitative estimate of drug-likeness (QED) is 0.513. The first-order valence-electron chi connectivity index (χ1n) is 9.71. The lowest BCUT2D eigenvalue weighted by atomic mass is 10.1. The van der Waals surface area contributed by atoms with E-state index in [1.807, 2.05) is 0 Å². The molecule has 2 aromatic rings. The van der Waals surface area contributed by atoms with E-state index in [0.717, 1.165) is 11.3 Å². The van der Waals surface area contributed by atoms with Gasteiger partial charge in [0.1, 0.15) is 0 Å². The SMILES string of the molecule is O=C(c1ccc([N+](=O)[O-])s1)N1CCN(C(=O)C2CC(=O)N(c3cccc(Cl)c3)C2)CC1. The fourth-order valence-corrected chi connectivity index (χ4v) is 4.82. The van der Waals surface area contributed by atoms with Crippen LogP contribution in [0.1, 0.15) is 16.1 Å². The first kappa shape index (κ1) is 21.3. The van der Waals surface area contributed by atoms with Crippen LogP contribution in [-0.4, -0.2) is 65.2 Å². The van der Waals surface area contributed by atoms with Crippen molar-refractivity contribution in [3.05, 3.63) is 56.4 Å². The van der Waals surface area contributed by atoms with Gasteiger partial charge in [-0.2, -0.15) is 0 Å². The molecule has 11 heteroatoms. The molecule has 162 valence electrons. The van der Waals surface area contributed by atoms with E-state index in [-0.39, 0.29) is 29.1 Å². The number of rotatable bonds is 4. The summed E-state index contributed by atoms with van der Waals surface area (Å²) >= 11 is 6.86. The zero-order chi connectivity index (χ0) is 22.1. The van der Waals surface area contributed by atoms with Crippen molar-refractivity contribution in [2.75, 3.05) is 37.6 Å². The van der Waals surface area contributed by atoms with Crippen LogP contribution in [0.2, 0.25) is 5.02 Å². The summed E-state index contributed by atoms with van der Waals surface area (Å²) < 4.78 is 0. The van der Waals surface area contributed by atoms with E-state index in [1.54, 1.807) is 39.0 Å². The molecular formula is C20H19ClN4O5S. The second-order valence-electron chi connectivity index (χ2n) is 7.40. The highest BCUT2D eigenvalue weighted by atomic mass is 35.5. The average molecular weight is 463 g/mol. The number of nitrogens with zero attached hydrogens (tertiary/aromatic N) is 4. The maximum atomic E-state index is 13.0. The van der Waals surface area contributed by atoms with Gasteiger partial charge >= 0.3 is 5.00 Å². The third kappa shape index (κ3) is 4.40. The molecule has 0 radical (unpaired) electrons. The normalized spacial score (nSPS) is 19.1. The molecule has 3 amide bonds. The standard InChI is InChI=1S/C20H19ClN4O5S/c21-14-2-1-3-15(11-14)24-12-13(10-17(24)26)19(27)22-6-8-23(9-7-22)20(28)16-4-5-18(31-16)25(29)30/h1-5,11,13H,6-10,12H2. The van der Waals surface area contributed by atoms with E-state index in [2.05, 4.69) is 0 Å². The van der Waals surface area contributed by atoms with Crippen molar-refractivity contribution in [3.8, 4) is 0 Å². The van der Waals surface area contributed by atoms with Gasteiger partial charge < -0.3 is 14.7 Å². The summed E-state index contributed by atoms with van der Waals surface area (Å²) in [7, 11) is 0. The van der Waals surface area contributed by atoms with Gasteiger partial charge in [0, 0.05) is 55.9 Å². The minimum absolute atomic E-state index is 0.0766. The molecule has 3 heterocycles. The van der Waals surface area contributed by atoms with Crippen molar-refractivity contribution >= 4 is 51.3 Å². The summed E-state index contributed by atoms with van der Waals surface area (Å²) in [6.45, 7) is 1.71. The van der Waals surface area contributed by atoms with Gasteiger partial charge in [0.15, 0.2) is 0 Å². The van der Waals surface area contributed by atoms with Crippen molar-refractivity contribution in [3.63, 3.8) is 0 Å². The summed E-state index contributed by atoms with van der Waals surface area (Å²) in [5.74, 6) is -0.924. The Labute approximate surface area is 186 Å². The number of hydrogen-bond acceptors (Lipinski definition) is 6. The first-order valence-corrected chi connectivity index (χ1v) is 10.9. The molecule has 0 aliphatic carbocycles. The number of amides is 3. The monoisotopic (exact) mass is 462 g/mol. The lowest BCUT2D eigenvalue weighted by Crippen LogP contribution is -2.52. The molecule has 0 saturated carbocycles. The van der Waals surface area contributed by atoms with E-state index in [4.69, 9.17) is 11.6 Å². The summed E-state index contributed by atoms with van der Waals surface area (Å²) in [5, 5.41) is 11.3. The van der Waals surface area contributed by atoms with Crippen LogP contribution < -0.4 is 4.90 Å². The summed E-state index contributed by atoms with van der Waals surface area (Å²) in [4.78, 5) is 53.5. The van der Waals surface area contributed by atoms with Crippen LogP contribution in [0.15, 0.2) is 36.4 Å². The number of carbonyl (C=O) groups is 3. The molecule has 31 heavy (non-hydrogen) atoms. The summed E-state index contributed by atoms with van der Waals surface area (Å²) in [6.07, 6.45) is 0.142. The van der Waals surface area contributed by atoms with E-state index >= 15 is 0 Å². The Hall–Kier alpha value is -2.98. The number of hydrogen-bond donors (Lipinski definition) is 0. The lowest BCUT2D eigenvalue weighted by molar-refractivity contribution is -0.380. The van der Waals surface area contributed by atoms with Crippen LogP contribution in [0.3, 0.4) is 0 Å². The molecule has 1 aromatic heterocycles. The Balaban J connectivity index is 1.34. The first-order chi connectivity index (χ1) is 14.8. The smallest absolute Gasteiger partial charge is 0.324 e. The average Bonchev–Trinajstić information content (AvgIpc) is 3.40. The van der Waals surface area contributed by atoms with E-state index in [1.165, 1.54) is 12.1 Å². The van der Waals surface area contributed by atoms with E-state index in [9.17, 15) is 24.5 Å². The molecule has 2 fully saturated rings. The molecule has 0 N–H and O–H groups in total. The maximum absolute atomic E-state index is 13.0. The van der Waals surface area contributed by atoms with Crippen molar-refractivity contribution in [2.45, 2.75) is 6.42 Å². The Morgan fingerprint density at radius 2 is 1.81 bits per heavy atom. The highest BCUT2D eigenvalue weighted by Gasteiger charge is 2.38. The van der Waals surface area contributed by atoms with Crippen molar-refractivity contribution in [1.29, 1.82) is 0 Å². The van der Waals surface area contributed by atoms with Crippen LogP contribution in [-0.2, 0) is 9.59 Å². The van der Waals surface area contributed by atoms with Gasteiger partial charge in [0.2, 0.25) is 11.8 Å². The van der Waals surface area contributed by atoms with Gasteiger partial charge in [-0.3, -0.25) is 24.5 Å². The molecule has 2 aliphatic rings. The van der Waals surface area contributed by atoms with Gasteiger partial charge in [-0.25, -0.2) is 0 Å². The highest BCUT2D eigenvalue weighted by Crippen LogP contribution is 2.29. The van der Waals surface area contributed by atoms with Crippen LogP contribution in [0, 0.1) is 16.0 Å². The fraction of sp³-hybridized carbons (Fsp3) is 0.350. The van der Waals surface area contributed by atoms with Crippen molar-refractivity contribution < 1.29 is 19.3 Å². The molecule has 0 spiro atoms. The molecule has 1 atom stereocenters. The Kier molecular flexibility index (Phi) is 5.92. The van der Waals surface area contributed by atoms with Crippen LogP contribution >= 0.6 is 22.9 Å². The Morgan fingerprint density at radius 1 is 1.10 bits per heavy atom. The second-order valence-corrected chi connectivity index (χ2v) is 8.90. The molecule has 1 aromatic carbocycles. The van der Waals surface area contributed by atoms with Gasteiger partial charge in [-0.1, -0.05) is 29.0 Å². The predicted molar refractivity (Wildman–Crippen MR) is 115 cm³/mol. The number of piperazine rings is 1. The van der Waals surface area contributed by atoms with Gasteiger partial charge in [-0.15, -0.1) is 0 Å². The number of nitro groups is 1. The third-order valence-corrected chi connectivity index (χ3v) is 6.72. The van der Waals surface area contributed by atoms with Crippen LogP contribution in [0.5, 0.6) is 0 Å². The number of benzene rings is 1. The van der Waals surface area contributed by atoms with Crippen molar-refractivity contribution in [1.82, 2.24) is 9.80 Å². The lowest BCUT2D eigenvalue weighted by Gasteiger charge is -2.35. The number of thiophene rings is 1. The van der Waals surface area contributed by atoms with E-state index in [0.29, 0.717) is 48.3 Å². The zero-order valence-corrected chi connectivity index (χ0v) is 18.0. The topological polar surface area (TPSA) is 104 Å². The zero-order valence-electron chi connectivity index (χ0n) is 16.4. The summed E-state index contributed by atoms with van der Waals surface area (Å²) in [6, 6.07) is 9.75. The number of carbonyl (C=O) groups excluding carboxylic acids is 3. The Bertz CT molecular complexity index is 1050. The predicted octanol–water partition coefficient (Wildman–Crippen LogP) is 2.65. The van der Waals surface area contributed by atoms with E-state index < -0.39 is 10.8 Å². The fourth-order valence-electron chi connectivity index (χ4n) is 3.85. The molecule has 2 saturated heterocycles. The third-order valence-electron chi connectivity index (χ3n) is 5.46. The number of anilines is 1. The number of halogens is 1. The Morgan fingerprint density at radius 3 is 2.45 bits per heavy atom. The van der Waals surface area contributed by atoms with Crippen molar-refractivity contribution in [2.24, 2.45) is 5.92 Å². The molecule has 2 aliphatic heterocycles. The molecule has 4 rings (SSSR count). The summed E-state index contributed by atoms with van der Waals surface area (Å²) in [5.41, 5.74) is 0.674. The van der Waals surface area contributed by atoms with Gasteiger partial charge in [0.25, 0.3) is 5.91 Å². The molecular weight excluding hydrogens is 444 g/mol. The van der Waals surface area contributed by atoms with Gasteiger partial charge in [-0.05, 0) is 24.3 Å². The molecule has 9 nitrogen and oxygen atoms in total. The highest BCUT2D eigenvalue weighted by molar-refractivity contribution is 7.17. The van der Waals surface area contributed by atoms with Crippen LogP contribution in [0.25, 0.3) is 0 Å². The van der Waals surface area contributed by atoms with Crippen LogP contribution in [0.4, 0.5) is 10.7 Å².